The topological polar surface area (TPSA) is 72.8 Å². The van der Waals surface area contributed by atoms with Crippen LogP contribution in [0.25, 0.3) is 6.08 Å². The minimum Gasteiger partial charge on any atom is -0.370 e. The Morgan fingerprint density at radius 2 is 1.96 bits per heavy atom. The maximum Gasteiger partial charge on any atom is 0.252 e. The summed E-state index contributed by atoms with van der Waals surface area (Å²) >= 11 is 0. The number of benzene rings is 2. The standard InChI is InChI=1S/C20H24N2O3S/c1-3-22(16-7-4-6-15(2)14-16)12-11-21-20(23)18-8-5-9-19-17(18)10-13-26(19,24)25/h4-10,13-14,24-25H,3,11-12H2,1-2H3,(H,21,23). The second kappa shape index (κ2) is 7.53. The van der Waals surface area contributed by atoms with E-state index < -0.39 is 10.6 Å². The van der Waals surface area contributed by atoms with Gasteiger partial charge in [-0.1, -0.05) is 18.2 Å². The predicted octanol–water partition coefficient (Wildman–Crippen LogP) is 4.35. The zero-order valence-corrected chi connectivity index (χ0v) is 15.8. The summed E-state index contributed by atoms with van der Waals surface area (Å²) in [5.41, 5.74) is 3.40. The average molecular weight is 372 g/mol. The molecule has 0 radical (unpaired) electrons. The second-order valence-corrected chi connectivity index (χ2v) is 8.19. The second-order valence-electron chi connectivity index (χ2n) is 6.29. The molecule has 0 saturated carbocycles. The molecule has 0 atom stereocenters. The molecule has 0 spiro atoms. The van der Waals surface area contributed by atoms with Gasteiger partial charge < -0.3 is 10.2 Å². The summed E-state index contributed by atoms with van der Waals surface area (Å²) in [6.07, 6.45) is 1.62. The number of fused-ring (bicyclic) bond motifs is 1. The van der Waals surface area contributed by atoms with Gasteiger partial charge in [0.1, 0.15) is 0 Å². The molecule has 2 aromatic rings. The fourth-order valence-electron chi connectivity index (χ4n) is 3.11. The van der Waals surface area contributed by atoms with Crippen molar-refractivity contribution in [2.24, 2.45) is 0 Å². The first-order valence-corrected chi connectivity index (χ1v) is 10.2. The van der Waals surface area contributed by atoms with Crippen LogP contribution in [0.3, 0.4) is 0 Å². The number of likely N-dealkylation sites (N-methyl/N-ethyl adjacent to an activating group) is 1. The Hall–Kier alpha value is -2.28. The zero-order valence-electron chi connectivity index (χ0n) is 15.0. The van der Waals surface area contributed by atoms with Crippen molar-refractivity contribution >= 4 is 28.3 Å². The molecule has 2 aromatic carbocycles. The molecule has 1 heterocycles. The number of anilines is 1. The van der Waals surface area contributed by atoms with Crippen LogP contribution in [-0.2, 0) is 0 Å². The molecule has 26 heavy (non-hydrogen) atoms. The van der Waals surface area contributed by atoms with Crippen molar-refractivity contribution in [1.82, 2.24) is 5.32 Å². The molecule has 0 aliphatic carbocycles. The van der Waals surface area contributed by atoms with E-state index in [-0.39, 0.29) is 5.91 Å². The van der Waals surface area contributed by atoms with Crippen molar-refractivity contribution in [3.05, 3.63) is 64.6 Å². The van der Waals surface area contributed by atoms with E-state index in [1.165, 1.54) is 11.0 Å². The SMILES string of the molecule is CCN(CCNC(=O)c1cccc2c1C=CS2(O)O)c1cccc(C)c1. The summed E-state index contributed by atoms with van der Waals surface area (Å²) in [4.78, 5) is 15.2. The van der Waals surface area contributed by atoms with Crippen LogP contribution >= 0.6 is 10.6 Å². The highest BCUT2D eigenvalue weighted by molar-refractivity contribution is 8.27. The van der Waals surface area contributed by atoms with Crippen molar-refractivity contribution in [2.75, 3.05) is 24.5 Å². The Kier molecular flexibility index (Phi) is 5.36. The molecule has 0 bridgehead atoms. The molecule has 3 N–H and O–H groups in total. The molecular weight excluding hydrogens is 348 g/mol. The summed E-state index contributed by atoms with van der Waals surface area (Å²) in [5, 5.41) is 4.30. The Morgan fingerprint density at radius 3 is 2.69 bits per heavy atom. The molecule has 1 aliphatic heterocycles. The first-order chi connectivity index (χ1) is 12.4. The normalized spacial score (nSPS) is 15.4. The third-order valence-electron chi connectivity index (χ3n) is 4.47. The summed E-state index contributed by atoms with van der Waals surface area (Å²) in [7, 11) is -2.91. The van der Waals surface area contributed by atoms with Crippen LogP contribution in [0.15, 0.2) is 52.8 Å². The highest BCUT2D eigenvalue weighted by Crippen LogP contribution is 2.56. The molecule has 1 amide bonds. The third kappa shape index (κ3) is 3.77. The van der Waals surface area contributed by atoms with Gasteiger partial charge in [-0.2, -0.15) is 0 Å². The highest BCUT2D eigenvalue weighted by atomic mass is 32.3. The van der Waals surface area contributed by atoms with Gasteiger partial charge in [0, 0.05) is 41.9 Å². The van der Waals surface area contributed by atoms with Gasteiger partial charge in [0.15, 0.2) is 0 Å². The summed E-state index contributed by atoms with van der Waals surface area (Å²) in [6.45, 7) is 6.20. The quantitative estimate of drug-likeness (QED) is 0.705. The van der Waals surface area contributed by atoms with Crippen LogP contribution in [0, 0.1) is 6.92 Å². The number of aryl methyl sites for hydroxylation is 1. The molecule has 6 heteroatoms. The minimum atomic E-state index is -2.91. The summed E-state index contributed by atoms with van der Waals surface area (Å²) in [6, 6.07) is 13.3. The largest absolute Gasteiger partial charge is 0.370 e. The monoisotopic (exact) mass is 372 g/mol. The van der Waals surface area contributed by atoms with Crippen LogP contribution in [0.4, 0.5) is 5.69 Å². The van der Waals surface area contributed by atoms with Crippen molar-refractivity contribution < 1.29 is 13.9 Å². The lowest BCUT2D eigenvalue weighted by molar-refractivity contribution is 0.0954. The fourth-order valence-corrected chi connectivity index (χ4v) is 4.36. The van der Waals surface area contributed by atoms with Gasteiger partial charge in [-0.3, -0.25) is 13.9 Å². The van der Waals surface area contributed by atoms with E-state index in [0.29, 0.717) is 29.1 Å². The van der Waals surface area contributed by atoms with Crippen LogP contribution in [0.1, 0.15) is 28.4 Å². The van der Waals surface area contributed by atoms with E-state index in [9.17, 15) is 13.9 Å². The van der Waals surface area contributed by atoms with E-state index in [1.807, 2.05) is 6.07 Å². The highest BCUT2D eigenvalue weighted by Gasteiger charge is 2.25. The van der Waals surface area contributed by atoms with Crippen LogP contribution in [0.5, 0.6) is 0 Å². The lowest BCUT2D eigenvalue weighted by Gasteiger charge is -2.26. The van der Waals surface area contributed by atoms with Crippen LogP contribution < -0.4 is 10.2 Å². The summed E-state index contributed by atoms with van der Waals surface area (Å²) < 4.78 is 20.0. The average Bonchev–Trinajstić information content (AvgIpc) is 2.94. The number of carbonyl (C=O) groups is 1. The first kappa shape index (κ1) is 18.5. The maximum absolute atomic E-state index is 12.6. The van der Waals surface area contributed by atoms with Gasteiger partial charge in [-0.25, -0.2) is 0 Å². The Labute approximate surface area is 155 Å². The Morgan fingerprint density at radius 1 is 1.19 bits per heavy atom. The van der Waals surface area contributed by atoms with Gasteiger partial charge in [-0.05, 0) is 49.8 Å². The molecule has 0 aromatic heterocycles. The van der Waals surface area contributed by atoms with E-state index in [2.05, 4.69) is 42.3 Å². The van der Waals surface area contributed by atoms with E-state index in [4.69, 9.17) is 0 Å². The van der Waals surface area contributed by atoms with Crippen molar-refractivity contribution in [2.45, 2.75) is 18.7 Å². The summed E-state index contributed by atoms with van der Waals surface area (Å²) in [5.74, 6) is -0.205. The van der Waals surface area contributed by atoms with E-state index in [0.717, 1.165) is 12.2 Å². The molecule has 0 saturated heterocycles. The molecular formula is C20H24N2O3S. The third-order valence-corrected chi connectivity index (χ3v) is 5.99. The van der Waals surface area contributed by atoms with Gasteiger partial charge in [-0.15, -0.1) is 10.6 Å². The maximum atomic E-state index is 12.6. The Balaban J connectivity index is 1.65. The van der Waals surface area contributed by atoms with Gasteiger partial charge in [0.05, 0.1) is 4.90 Å². The van der Waals surface area contributed by atoms with Crippen molar-refractivity contribution in [1.29, 1.82) is 0 Å². The minimum absolute atomic E-state index is 0.205. The number of carbonyl (C=O) groups excluding carboxylic acids is 1. The van der Waals surface area contributed by atoms with E-state index in [1.54, 1.807) is 24.3 Å². The van der Waals surface area contributed by atoms with Gasteiger partial charge >= 0.3 is 0 Å². The van der Waals surface area contributed by atoms with Gasteiger partial charge in [0.25, 0.3) is 5.91 Å². The molecule has 0 unspecified atom stereocenters. The number of rotatable bonds is 6. The lowest BCUT2D eigenvalue weighted by Crippen LogP contribution is -2.35. The van der Waals surface area contributed by atoms with Crippen molar-refractivity contribution in [3.63, 3.8) is 0 Å². The molecule has 1 aliphatic rings. The molecule has 5 nitrogen and oxygen atoms in total. The number of hydrogen-bond acceptors (Lipinski definition) is 4. The molecule has 3 rings (SSSR count). The van der Waals surface area contributed by atoms with Crippen molar-refractivity contribution in [3.8, 4) is 0 Å². The number of hydrogen-bond donors (Lipinski definition) is 3. The number of nitrogens with zero attached hydrogens (tertiary/aromatic N) is 1. The lowest BCUT2D eigenvalue weighted by atomic mass is 10.1. The van der Waals surface area contributed by atoms with Crippen LogP contribution in [-0.4, -0.2) is 34.6 Å². The predicted molar refractivity (Wildman–Crippen MR) is 108 cm³/mol. The smallest absolute Gasteiger partial charge is 0.252 e. The Bertz CT molecular complexity index is 849. The molecule has 0 fully saturated rings. The van der Waals surface area contributed by atoms with Gasteiger partial charge in [0.2, 0.25) is 0 Å². The fraction of sp³-hybridized carbons (Fsp3) is 0.250. The van der Waals surface area contributed by atoms with Crippen LogP contribution in [0.2, 0.25) is 0 Å². The van der Waals surface area contributed by atoms with E-state index >= 15 is 0 Å². The number of nitrogens with one attached hydrogen (secondary N) is 1. The first-order valence-electron chi connectivity index (χ1n) is 8.61. The zero-order chi connectivity index (χ0) is 18.7. The number of amides is 1. The molecule has 138 valence electrons.